The highest BCUT2D eigenvalue weighted by molar-refractivity contribution is 5.02. The van der Waals surface area contributed by atoms with Crippen LogP contribution in [0.25, 0.3) is 0 Å². The van der Waals surface area contributed by atoms with Crippen molar-refractivity contribution in [2.75, 3.05) is 27.2 Å². The molecule has 2 atom stereocenters. The van der Waals surface area contributed by atoms with E-state index in [0.29, 0.717) is 17.7 Å². The molecule has 1 N–H and O–H groups in total. The molecule has 2 rings (SSSR count). The predicted octanol–water partition coefficient (Wildman–Crippen LogP) is 2.80. The molecule has 0 amide bonds. The standard InChI is InChI=1S/C16H32N2O/c1-4-17-15(10-9-14-8-7-13-19-14)16(18(2)3)11-5-6-12-16/h14-15,17H,4-13H2,1-3H3. The molecule has 0 radical (unpaired) electrons. The first-order chi connectivity index (χ1) is 9.19. The molecule has 2 aliphatic rings. The second-order valence-electron chi connectivity index (χ2n) is 6.53. The van der Waals surface area contributed by atoms with Gasteiger partial charge in [0.15, 0.2) is 0 Å². The Kier molecular flexibility index (Phi) is 5.67. The Morgan fingerprint density at radius 3 is 2.53 bits per heavy atom. The Labute approximate surface area is 119 Å². The van der Waals surface area contributed by atoms with E-state index in [1.165, 1.54) is 51.4 Å². The van der Waals surface area contributed by atoms with Crippen molar-refractivity contribution in [3.63, 3.8) is 0 Å². The van der Waals surface area contributed by atoms with Crippen molar-refractivity contribution in [2.24, 2.45) is 0 Å². The average molecular weight is 268 g/mol. The van der Waals surface area contributed by atoms with Gasteiger partial charge in [-0.25, -0.2) is 0 Å². The molecule has 3 heteroatoms. The van der Waals surface area contributed by atoms with Crippen molar-refractivity contribution in [3.05, 3.63) is 0 Å². The van der Waals surface area contributed by atoms with Crippen LogP contribution >= 0.6 is 0 Å². The van der Waals surface area contributed by atoms with Crippen molar-refractivity contribution in [1.82, 2.24) is 10.2 Å². The number of rotatable bonds is 7. The van der Waals surface area contributed by atoms with Gasteiger partial charge in [-0.3, -0.25) is 0 Å². The molecule has 1 saturated heterocycles. The van der Waals surface area contributed by atoms with Crippen molar-refractivity contribution < 1.29 is 4.74 Å². The molecular weight excluding hydrogens is 236 g/mol. The highest BCUT2D eigenvalue weighted by Gasteiger charge is 2.42. The summed E-state index contributed by atoms with van der Waals surface area (Å²) in [5.41, 5.74) is 0.384. The summed E-state index contributed by atoms with van der Waals surface area (Å²) in [6.45, 7) is 4.29. The van der Waals surface area contributed by atoms with Gasteiger partial charge in [-0.15, -0.1) is 0 Å². The second-order valence-corrected chi connectivity index (χ2v) is 6.53. The first-order valence-corrected chi connectivity index (χ1v) is 8.21. The Bertz CT molecular complexity index is 255. The molecule has 0 bridgehead atoms. The Morgan fingerprint density at radius 2 is 2.00 bits per heavy atom. The highest BCUT2D eigenvalue weighted by atomic mass is 16.5. The van der Waals surface area contributed by atoms with Crippen LogP contribution in [0.1, 0.15) is 58.3 Å². The van der Waals surface area contributed by atoms with Gasteiger partial charge >= 0.3 is 0 Å². The van der Waals surface area contributed by atoms with Crippen LogP contribution in [0.5, 0.6) is 0 Å². The monoisotopic (exact) mass is 268 g/mol. The smallest absolute Gasteiger partial charge is 0.0576 e. The molecule has 1 aliphatic heterocycles. The minimum Gasteiger partial charge on any atom is -0.378 e. The minimum atomic E-state index is 0.384. The van der Waals surface area contributed by atoms with E-state index in [-0.39, 0.29) is 0 Å². The van der Waals surface area contributed by atoms with Crippen LogP contribution in [0.2, 0.25) is 0 Å². The zero-order valence-corrected chi connectivity index (χ0v) is 13.1. The molecule has 0 aromatic carbocycles. The minimum absolute atomic E-state index is 0.384. The Hall–Kier alpha value is -0.120. The van der Waals surface area contributed by atoms with Crippen LogP contribution in [0, 0.1) is 0 Å². The molecule has 2 unspecified atom stereocenters. The maximum atomic E-state index is 5.80. The number of nitrogens with one attached hydrogen (secondary N) is 1. The molecule has 1 saturated carbocycles. The van der Waals surface area contributed by atoms with E-state index in [9.17, 15) is 0 Å². The van der Waals surface area contributed by atoms with Crippen LogP contribution < -0.4 is 5.32 Å². The van der Waals surface area contributed by atoms with E-state index in [0.717, 1.165) is 13.2 Å². The Morgan fingerprint density at radius 1 is 1.26 bits per heavy atom. The zero-order valence-electron chi connectivity index (χ0n) is 13.1. The van der Waals surface area contributed by atoms with Crippen molar-refractivity contribution in [3.8, 4) is 0 Å². The van der Waals surface area contributed by atoms with Crippen molar-refractivity contribution >= 4 is 0 Å². The topological polar surface area (TPSA) is 24.5 Å². The maximum absolute atomic E-state index is 5.80. The lowest BCUT2D eigenvalue weighted by Crippen LogP contribution is -2.57. The van der Waals surface area contributed by atoms with E-state index in [4.69, 9.17) is 4.74 Å². The Balaban J connectivity index is 1.96. The number of hydrogen-bond donors (Lipinski definition) is 1. The van der Waals surface area contributed by atoms with Gasteiger partial charge in [0, 0.05) is 18.2 Å². The first-order valence-electron chi connectivity index (χ1n) is 8.21. The van der Waals surface area contributed by atoms with E-state index in [1.807, 2.05) is 0 Å². The second kappa shape index (κ2) is 7.05. The third-order valence-corrected chi connectivity index (χ3v) is 5.26. The lowest BCUT2D eigenvalue weighted by Gasteiger charge is -2.44. The number of hydrogen-bond acceptors (Lipinski definition) is 3. The molecule has 1 aliphatic carbocycles. The SMILES string of the molecule is CCNC(CCC1CCCO1)C1(N(C)C)CCCC1. The zero-order chi connectivity index (χ0) is 13.7. The summed E-state index contributed by atoms with van der Waals surface area (Å²) >= 11 is 0. The van der Waals surface area contributed by atoms with Crippen LogP contribution in [0.3, 0.4) is 0 Å². The number of likely N-dealkylation sites (N-methyl/N-ethyl adjacent to an activating group) is 2. The normalized spacial score (nSPS) is 28.1. The molecule has 112 valence electrons. The van der Waals surface area contributed by atoms with E-state index >= 15 is 0 Å². The summed E-state index contributed by atoms with van der Waals surface area (Å²) in [4.78, 5) is 2.49. The van der Waals surface area contributed by atoms with Crippen molar-refractivity contribution in [2.45, 2.75) is 76.0 Å². The summed E-state index contributed by atoms with van der Waals surface area (Å²) < 4.78 is 5.80. The van der Waals surface area contributed by atoms with Gasteiger partial charge in [-0.1, -0.05) is 19.8 Å². The van der Waals surface area contributed by atoms with E-state index in [2.05, 4.69) is 31.2 Å². The van der Waals surface area contributed by atoms with Gasteiger partial charge in [-0.05, 0) is 59.2 Å². The first kappa shape index (κ1) is 15.3. The van der Waals surface area contributed by atoms with Gasteiger partial charge < -0.3 is 15.0 Å². The van der Waals surface area contributed by atoms with Crippen LogP contribution in [0.4, 0.5) is 0 Å². The van der Waals surface area contributed by atoms with Gasteiger partial charge in [0.1, 0.15) is 0 Å². The third kappa shape index (κ3) is 3.50. The van der Waals surface area contributed by atoms with Crippen molar-refractivity contribution in [1.29, 1.82) is 0 Å². The van der Waals surface area contributed by atoms with Crippen LogP contribution in [0.15, 0.2) is 0 Å². The molecule has 3 nitrogen and oxygen atoms in total. The molecule has 0 aromatic heterocycles. The van der Waals surface area contributed by atoms with Gasteiger partial charge in [-0.2, -0.15) is 0 Å². The lowest BCUT2D eigenvalue weighted by molar-refractivity contribution is 0.0712. The largest absolute Gasteiger partial charge is 0.378 e. The fraction of sp³-hybridized carbons (Fsp3) is 1.00. The van der Waals surface area contributed by atoms with Crippen LogP contribution in [-0.2, 0) is 4.74 Å². The molecular formula is C16H32N2O. The lowest BCUT2D eigenvalue weighted by atomic mass is 9.83. The summed E-state index contributed by atoms with van der Waals surface area (Å²) in [6.07, 6.45) is 11.0. The summed E-state index contributed by atoms with van der Waals surface area (Å²) in [6, 6.07) is 0.624. The summed E-state index contributed by atoms with van der Waals surface area (Å²) in [5, 5.41) is 3.77. The number of ether oxygens (including phenoxy) is 1. The molecule has 1 heterocycles. The average Bonchev–Trinajstić information content (AvgIpc) is 3.06. The summed E-state index contributed by atoms with van der Waals surface area (Å²) in [5.74, 6) is 0. The predicted molar refractivity (Wildman–Crippen MR) is 80.6 cm³/mol. The third-order valence-electron chi connectivity index (χ3n) is 5.26. The molecule has 19 heavy (non-hydrogen) atoms. The quantitative estimate of drug-likeness (QED) is 0.768. The van der Waals surface area contributed by atoms with E-state index in [1.54, 1.807) is 0 Å². The van der Waals surface area contributed by atoms with Gasteiger partial charge in [0.05, 0.1) is 6.10 Å². The highest BCUT2D eigenvalue weighted by Crippen LogP contribution is 2.38. The maximum Gasteiger partial charge on any atom is 0.0576 e. The van der Waals surface area contributed by atoms with Gasteiger partial charge in [0.25, 0.3) is 0 Å². The van der Waals surface area contributed by atoms with Crippen LogP contribution in [-0.4, -0.2) is 49.8 Å². The number of nitrogens with zero attached hydrogens (tertiary/aromatic N) is 1. The molecule has 2 fully saturated rings. The fourth-order valence-corrected chi connectivity index (χ4v) is 4.13. The molecule has 0 spiro atoms. The van der Waals surface area contributed by atoms with Gasteiger partial charge in [0.2, 0.25) is 0 Å². The molecule has 0 aromatic rings. The van der Waals surface area contributed by atoms with E-state index < -0.39 is 0 Å². The summed E-state index contributed by atoms with van der Waals surface area (Å²) in [7, 11) is 4.53. The fourth-order valence-electron chi connectivity index (χ4n) is 4.13.